The SMILES string of the molecule is CN(Cc1ccc(OC(F)F)cc1)C(=O)CCCCc1nc2ccccc2s1. The molecule has 1 amide bonds. The van der Waals surface area contributed by atoms with Crippen molar-refractivity contribution in [2.24, 2.45) is 0 Å². The van der Waals surface area contributed by atoms with Gasteiger partial charge >= 0.3 is 6.61 Å². The summed E-state index contributed by atoms with van der Waals surface area (Å²) < 4.78 is 29.9. The van der Waals surface area contributed by atoms with E-state index in [9.17, 15) is 13.6 Å². The molecular weight excluding hydrogens is 382 g/mol. The fraction of sp³-hybridized carbons (Fsp3) is 0.333. The standard InChI is InChI=1S/C21H22F2N2O2S/c1-25(14-15-10-12-16(13-11-15)27-21(22)23)20(26)9-5-4-8-19-24-17-6-2-3-7-18(17)28-19/h2-3,6-7,10-13,21H,4-5,8-9,14H2,1H3. The molecule has 3 aromatic rings. The molecule has 0 fully saturated rings. The van der Waals surface area contributed by atoms with Crippen LogP contribution < -0.4 is 4.74 Å². The predicted molar refractivity (Wildman–Crippen MR) is 107 cm³/mol. The molecule has 0 aliphatic rings. The number of carbonyl (C=O) groups is 1. The third-order valence-corrected chi connectivity index (χ3v) is 5.46. The van der Waals surface area contributed by atoms with Gasteiger partial charge in [-0.1, -0.05) is 24.3 Å². The number of aromatic nitrogens is 1. The molecule has 0 radical (unpaired) electrons. The van der Waals surface area contributed by atoms with Crippen LogP contribution in [0.15, 0.2) is 48.5 Å². The number of carbonyl (C=O) groups excluding carboxylic acids is 1. The number of fused-ring (bicyclic) bond motifs is 1. The van der Waals surface area contributed by atoms with Gasteiger partial charge in [-0.3, -0.25) is 4.79 Å². The first-order valence-corrected chi connectivity index (χ1v) is 9.95. The number of unbranched alkanes of at least 4 members (excludes halogenated alkanes) is 1. The van der Waals surface area contributed by atoms with E-state index >= 15 is 0 Å². The van der Waals surface area contributed by atoms with Crippen molar-refractivity contribution in [3.63, 3.8) is 0 Å². The van der Waals surface area contributed by atoms with Crippen molar-refractivity contribution in [3.05, 3.63) is 59.1 Å². The zero-order chi connectivity index (χ0) is 19.9. The molecule has 1 heterocycles. The molecule has 2 aromatic carbocycles. The number of halogens is 2. The van der Waals surface area contributed by atoms with Crippen LogP contribution in [-0.2, 0) is 17.8 Å². The fourth-order valence-electron chi connectivity index (χ4n) is 2.91. The molecule has 0 bridgehead atoms. The molecule has 0 saturated carbocycles. The van der Waals surface area contributed by atoms with Gasteiger partial charge in [-0.2, -0.15) is 8.78 Å². The van der Waals surface area contributed by atoms with Crippen LogP contribution in [0.5, 0.6) is 5.75 Å². The van der Waals surface area contributed by atoms with Gasteiger partial charge in [0.25, 0.3) is 0 Å². The molecule has 148 valence electrons. The number of ether oxygens (including phenoxy) is 1. The van der Waals surface area contributed by atoms with Gasteiger partial charge in [-0.15, -0.1) is 11.3 Å². The van der Waals surface area contributed by atoms with Crippen LogP contribution in [-0.4, -0.2) is 29.5 Å². The van der Waals surface area contributed by atoms with E-state index in [1.807, 2.05) is 18.2 Å². The second-order valence-electron chi connectivity index (χ2n) is 6.55. The van der Waals surface area contributed by atoms with Crippen molar-refractivity contribution < 1.29 is 18.3 Å². The van der Waals surface area contributed by atoms with Gasteiger partial charge in [0.2, 0.25) is 5.91 Å². The van der Waals surface area contributed by atoms with Crippen LogP contribution in [0.1, 0.15) is 29.8 Å². The van der Waals surface area contributed by atoms with Crippen LogP contribution in [0, 0.1) is 0 Å². The zero-order valence-electron chi connectivity index (χ0n) is 15.6. The third kappa shape index (κ3) is 5.73. The van der Waals surface area contributed by atoms with E-state index in [4.69, 9.17) is 0 Å². The smallest absolute Gasteiger partial charge is 0.387 e. The molecule has 4 nitrogen and oxygen atoms in total. The van der Waals surface area contributed by atoms with E-state index in [0.717, 1.165) is 35.4 Å². The van der Waals surface area contributed by atoms with Gasteiger partial charge in [-0.25, -0.2) is 4.98 Å². The highest BCUT2D eigenvalue weighted by Gasteiger charge is 2.10. The summed E-state index contributed by atoms with van der Waals surface area (Å²) in [6, 6.07) is 14.4. The van der Waals surface area contributed by atoms with Gasteiger partial charge in [0, 0.05) is 20.0 Å². The van der Waals surface area contributed by atoms with Crippen LogP contribution in [0.4, 0.5) is 8.78 Å². The number of hydrogen-bond donors (Lipinski definition) is 0. The first-order valence-electron chi connectivity index (χ1n) is 9.13. The maximum Gasteiger partial charge on any atom is 0.387 e. The Kier molecular flexibility index (Phi) is 6.92. The lowest BCUT2D eigenvalue weighted by Gasteiger charge is -2.17. The van der Waals surface area contributed by atoms with E-state index in [2.05, 4.69) is 15.8 Å². The highest BCUT2D eigenvalue weighted by atomic mass is 32.1. The van der Waals surface area contributed by atoms with Crippen molar-refractivity contribution in [2.45, 2.75) is 38.8 Å². The summed E-state index contributed by atoms with van der Waals surface area (Å²) in [5.74, 6) is 0.180. The van der Waals surface area contributed by atoms with Crippen molar-refractivity contribution in [2.75, 3.05) is 7.05 Å². The Morgan fingerprint density at radius 2 is 1.89 bits per heavy atom. The molecule has 0 N–H and O–H groups in total. The minimum absolute atomic E-state index is 0.0669. The molecule has 0 spiro atoms. The van der Waals surface area contributed by atoms with Crippen molar-refractivity contribution >= 4 is 27.5 Å². The van der Waals surface area contributed by atoms with Gasteiger partial charge < -0.3 is 9.64 Å². The highest BCUT2D eigenvalue weighted by Crippen LogP contribution is 2.23. The molecule has 0 aliphatic carbocycles. The average Bonchev–Trinajstić information content (AvgIpc) is 3.09. The van der Waals surface area contributed by atoms with Gasteiger partial charge in [-0.05, 0) is 49.1 Å². The third-order valence-electron chi connectivity index (χ3n) is 4.36. The minimum Gasteiger partial charge on any atom is -0.435 e. The molecule has 1 aromatic heterocycles. The monoisotopic (exact) mass is 404 g/mol. The Morgan fingerprint density at radius 1 is 1.14 bits per heavy atom. The lowest BCUT2D eigenvalue weighted by atomic mass is 10.1. The number of hydrogen-bond acceptors (Lipinski definition) is 4. The normalized spacial score (nSPS) is 11.1. The van der Waals surface area contributed by atoms with Gasteiger partial charge in [0.1, 0.15) is 5.75 Å². The lowest BCUT2D eigenvalue weighted by molar-refractivity contribution is -0.130. The first kappa shape index (κ1) is 20.2. The number of benzene rings is 2. The highest BCUT2D eigenvalue weighted by molar-refractivity contribution is 7.18. The fourth-order valence-corrected chi connectivity index (χ4v) is 3.92. The number of aryl methyl sites for hydroxylation is 1. The number of para-hydroxylation sites is 1. The second kappa shape index (κ2) is 9.59. The molecule has 28 heavy (non-hydrogen) atoms. The quantitative estimate of drug-likeness (QED) is 0.456. The molecule has 0 atom stereocenters. The molecule has 0 aliphatic heterocycles. The predicted octanol–water partition coefficient (Wildman–Crippen LogP) is 5.27. The molecule has 3 rings (SSSR count). The Morgan fingerprint density at radius 3 is 2.61 bits per heavy atom. The Labute approximate surface area is 166 Å². The Bertz CT molecular complexity index is 879. The van der Waals surface area contributed by atoms with E-state index in [0.29, 0.717) is 13.0 Å². The van der Waals surface area contributed by atoms with Gasteiger partial charge in [0.15, 0.2) is 0 Å². The number of nitrogens with zero attached hydrogens (tertiary/aromatic N) is 2. The summed E-state index contributed by atoms with van der Waals surface area (Å²) in [5, 5.41) is 1.10. The lowest BCUT2D eigenvalue weighted by Crippen LogP contribution is -2.25. The zero-order valence-corrected chi connectivity index (χ0v) is 16.4. The Balaban J connectivity index is 1.40. The molecule has 0 saturated heterocycles. The number of rotatable bonds is 9. The average molecular weight is 404 g/mol. The summed E-state index contributed by atoms with van der Waals surface area (Å²) in [5.41, 5.74) is 1.90. The minimum atomic E-state index is -2.84. The summed E-state index contributed by atoms with van der Waals surface area (Å²) in [7, 11) is 1.75. The largest absolute Gasteiger partial charge is 0.435 e. The van der Waals surface area contributed by atoms with E-state index in [1.165, 1.54) is 16.8 Å². The van der Waals surface area contributed by atoms with Crippen LogP contribution in [0.3, 0.4) is 0 Å². The van der Waals surface area contributed by atoms with Crippen LogP contribution >= 0.6 is 11.3 Å². The van der Waals surface area contributed by atoms with Gasteiger partial charge in [0.05, 0.1) is 15.2 Å². The van der Waals surface area contributed by atoms with Crippen molar-refractivity contribution in [1.82, 2.24) is 9.88 Å². The number of thiazole rings is 1. The Hall–Kier alpha value is -2.54. The van der Waals surface area contributed by atoms with E-state index < -0.39 is 6.61 Å². The summed E-state index contributed by atoms with van der Waals surface area (Å²) in [4.78, 5) is 18.6. The first-order chi connectivity index (χ1) is 13.5. The van der Waals surface area contributed by atoms with Crippen LogP contribution in [0.25, 0.3) is 10.2 Å². The number of amides is 1. The topological polar surface area (TPSA) is 42.4 Å². The number of alkyl halides is 2. The maximum absolute atomic E-state index is 12.3. The molecule has 7 heteroatoms. The van der Waals surface area contributed by atoms with Crippen LogP contribution in [0.2, 0.25) is 0 Å². The second-order valence-corrected chi connectivity index (χ2v) is 7.67. The maximum atomic E-state index is 12.3. The summed E-state index contributed by atoms with van der Waals surface area (Å²) in [6.45, 7) is -2.40. The molecule has 0 unspecified atom stereocenters. The van der Waals surface area contributed by atoms with Crippen molar-refractivity contribution in [1.29, 1.82) is 0 Å². The van der Waals surface area contributed by atoms with E-state index in [-0.39, 0.29) is 11.7 Å². The van der Waals surface area contributed by atoms with Crippen molar-refractivity contribution in [3.8, 4) is 5.75 Å². The van der Waals surface area contributed by atoms with E-state index in [1.54, 1.807) is 35.4 Å². The molecular formula is C21H22F2N2O2S. The summed E-state index contributed by atoms with van der Waals surface area (Å²) in [6.07, 6.45) is 3.08. The summed E-state index contributed by atoms with van der Waals surface area (Å²) >= 11 is 1.71.